The summed E-state index contributed by atoms with van der Waals surface area (Å²) in [5.74, 6) is 0.130. The van der Waals surface area contributed by atoms with Gasteiger partial charge in [-0.2, -0.15) is 0 Å². The number of rotatable bonds is 2. The highest BCUT2D eigenvalue weighted by Crippen LogP contribution is 2.47. The fraction of sp³-hybridized carbons (Fsp3) is 0.667. The van der Waals surface area contributed by atoms with Crippen molar-refractivity contribution in [1.82, 2.24) is 9.88 Å². The van der Waals surface area contributed by atoms with Crippen molar-refractivity contribution >= 4 is 29.5 Å². The number of nitrogens with one attached hydrogen (secondary N) is 1. The van der Waals surface area contributed by atoms with Crippen LogP contribution in [-0.2, 0) is 9.47 Å². The Hall–Kier alpha value is -2.02. The molecular weight excluding hydrogens is 394 g/mol. The summed E-state index contributed by atoms with van der Waals surface area (Å²) in [6, 6.07) is 2.06. The highest BCUT2D eigenvalue weighted by molar-refractivity contribution is 6.32. The molecule has 1 N–H and O–H groups in total. The number of pyridine rings is 1. The summed E-state index contributed by atoms with van der Waals surface area (Å²) in [4.78, 5) is 30.9. The minimum absolute atomic E-state index is 0.0622. The number of halogens is 1. The van der Waals surface area contributed by atoms with Gasteiger partial charge in [-0.05, 0) is 72.4 Å². The fourth-order valence-corrected chi connectivity index (χ4v) is 4.26. The third-order valence-corrected chi connectivity index (χ3v) is 5.37. The molecular formula is C21H30ClN3O4. The number of ether oxygens (including phenoxy) is 2. The standard InChI is InChI=1S/C21H30ClN3O4/c1-20(2,3)28-18(26)24-15-9-12(11-23-17(15)22)14-10-13-7-8-16(14)25(13)19(27)29-21(4,5)6/h9,11,13-14,16H,7-8,10H2,1-6H3,(H,24,26)/t13-,14+,16+/m1/s1. The van der Waals surface area contributed by atoms with Gasteiger partial charge >= 0.3 is 12.2 Å². The number of hydrogen-bond donors (Lipinski definition) is 1. The quantitative estimate of drug-likeness (QED) is 0.649. The zero-order valence-corrected chi connectivity index (χ0v) is 18.7. The molecule has 3 heterocycles. The molecule has 2 aliphatic rings. The first-order valence-corrected chi connectivity index (χ1v) is 10.4. The van der Waals surface area contributed by atoms with Crippen molar-refractivity contribution in [2.75, 3.05) is 5.32 Å². The van der Waals surface area contributed by atoms with Gasteiger partial charge in [0.2, 0.25) is 0 Å². The van der Waals surface area contributed by atoms with E-state index in [1.165, 1.54) is 0 Å². The number of hydrogen-bond acceptors (Lipinski definition) is 5. The second kappa shape index (κ2) is 7.67. The predicted molar refractivity (Wildman–Crippen MR) is 111 cm³/mol. The van der Waals surface area contributed by atoms with Crippen LogP contribution in [0.3, 0.4) is 0 Å². The monoisotopic (exact) mass is 423 g/mol. The van der Waals surface area contributed by atoms with E-state index in [2.05, 4.69) is 10.3 Å². The van der Waals surface area contributed by atoms with Gasteiger partial charge in [-0.15, -0.1) is 0 Å². The highest BCUT2D eigenvalue weighted by atomic mass is 35.5. The van der Waals surface area contributed by atoms with Crippen molar-refractivity contribution in [2.45, 2.75) is 90.0 Å². The molecule has 2 saturated heterocycles. The average Bonchev–Trinajstić information content (AvgIpc) is 3.11. The molecule has 0 spiro atoms. The van der Waals surface area contributed by atoms with Crippen LogP contribution >= 0.6 is 11.6 Å². The summed E-state index contributed by atoms with van der Waals surface area (Å²) in [7, 11) is 0. The van der Waals surface area contributed by atoms with Crippen LogP contribution < -0.4 is 5.32 Å². The molecule has 1 aromatic heterocycles. The molecule has 0 unspecified atom stereocenters. The summed E-state index contributed by atoms with van der Waals surface area (Å²) in [6.45, 7) is 11.0. The number of fused-ring (bicyclic) bond motifs is 2. The topological polar surface area (TPSA) is 80.8 Å². The molecule has 2 aliphatic heterocycles. The molecule has 2 amide bonds. The Kier molecular flexibility index (Phi) is 5.73. The van der Waals surface area contributed by atoms with Crippen molar-refractivity contribution in [2.24, 2.45) is 0 Å². The molecule has 3 atom stereocenters. The maximum atomic E-state index is 12.7. The first kappa shape index (κ1) is 21.7. The summed E-state index contributed by atoms with van der Waals surface area (Å²) < 4.78 is 10.9. The lowest BCUT2D eigenvalue weighted by atomic mass is 9.84. The number of carbonyl (C=O) groups is 2. The summed E-state index contributed by atoms with van der Waals surface area (Å²) in [5.41, 5.74) is 0.215. The molecule has 8 heteroatoms. The Balaban J connectivity index is 1.76. The van der Waals surface area contributed by atoms with Crippen LogP contribution in [0.2, 0.25) is 5.15 Å². The number of nitrogens with zero attached hydrogens (tertiary/aromatic N) is 2. The maximum Gasteiger partial charge on any atom is 0.412 e. The first-order valence-electron chi connectivity index (χ1n) is 10.0. The Morgan fingerprint density at radius 1 is 1.14 bits per heavy atom. The largest absolute Gasteiger partial charge is 0.444 e. The smallest absolute Gasteiger partial charge is 0.412 e. The van der Waals surface area contributed by atoms with Crippen LogP contribution in [0.15, 0.2) is 12.3 Å². The lowest BCUT2D eigenvalue weighted by Crippen LogP contribution is -2.40. The van der Waals surface area contributed by atoms with Crippen molar-refractivity contribution in [3.05, 3.63) is 23.0 Å². The fourth-order valence-electron chi connectivity index (χ4n) is 4.11. The molecule has 2 fully saturated rings. The van der Waals surface area contributed by atoms with Crippen molar-refractivity contribution in [3.63, 3.8) is 0 Å². The van der Waals surface area contributed by atoms with E-state index >= 15 is 0 Å². The van der Waals surface area contributed by atoms with E-state index in [1.807, 2.05) is 31.7 Å². The second-order valence-corrected chi connectivity index (χ2v) is 10.1. The average molecular weight is 424 g/mol. The Bertz CT molecular complexity index is 800. The predicted octanol–water partition coefficient (Wildman–Crippen LogP) is 5.34. The summed E-state index contributed by atoms with van der Waals surface area (Å²) in [6.07, 6.45) is 3.62. The summed E-state index contributed by atoms with van der Waals surface area (Å²) >= 11 is 6.18. The molecule has 7 nitrogen and oxygen atoms in total. The van der Waals surface area contributed by atoms with Gasteiger partial charge in [0.15, 0.2) is 5.15 Å². The second-order valence-electron chi connectivity index (χ2n) is 9.76. The van der Waals surface area contributed by atoms with Crippen LogP contribution in [0.5, 0.6) is 0 Å². The zero-order chi connectivity index (χ0) is 21.6. The van der Waals surface area contributed by atoms with Crippen LogP contribution in [-0.4, -0.2) is 45.4 Å². The van der Waals surface area contributed by atoms with Gasteiger partial charge < -0.3 is 14.4 Å². The number of aromatic nitrogens is 1. The molecule has 0 aliphatic carbocycles. The van der Waals surface area contributed by atoms with Crippen LogP contribution in [0.25, 0.3) is 0 Å². The number of carbonyl (C=O) groups excluding carboxylic acids is 2. The van der Waals surface area contributed by atoms with Crippen LogP contribution in [0.1, 0.15) is 72.3 Å². The van der Waals surface area contributed by atoms with E-state index < -0.39 is 17.3 Å². The Morgan fingerprint density at radius 2 is 1.79 bits per heavy atom. The van der Waals surface area contributed by atoms with E-state index in [-0.39, 0.29) is 29.2 Å². The molecule has 0 aromatic carbocycles. The van der Waals surface area contributed by atoms with Crippen LogP contribution in [0.4, 0.5) is 15.3 Å². The van der Waals surface area contributed by atoms with Gasteiger partial charge in [-0.25, -0.2) is 14.6 Å². The third-order valence-electron chi connectivity index (χ3n) is 5.07. The molecule has 2 bridgehead atoms. The lowest BCUT2D eigenvalue weighted by molar-refractivity contribution is 0.0212. The third kappa shape index (κ3) is 5.13. The zero-order valence-electron chi connectivity index (χ0n) is 17.9. The molecule has 29 heavy (non-hydrogen) atoms. The van der Waals surface area contributed by atoms with Crippen molar-refractivity contribution in [1.29, 1.82) is 0 Å². The van der Waals surface area contributed by atoms with E-state index in [9.17, 15) is 9.59 Å². The minimum Gasteiger partial charge on any atom is -0.444 e. The molecule has 160 valence electrons. The van der Waals surface area contributed by atoms with Gasteiger partial charge in [-0.3, -0.25) is 5.32 Å². The van der Waals surface area contributed by atoms with E-state index in [4.69, 9.17) is 21.1 Å². The van der Waals surface area contributed by atoms with Gasteiger partial charge in [-0.1, -0.05) is 11.6 Å². The van der Waals surface area contributed by atoms with E-state index in [1.54, 1.807) is 27.0 Å². The maximum absolute atomic E-state index is 12.7. The molecule has 0 saturated carbocycles. The minimum atomic E-state index is -0.611. The normalized spacial score (nSPS) is 23.8. The van der Waals surface area contributed by atoms with Crippen LogP contribution in [0, 0.1) is 0 Å². The van der Waals surface area contributed by atoms with Crippen molar-refractivity contribution in [3.8, 4) is 0 Å². The number of amides is 2. The van der Waals surface area contributed by atoms with Gasteiger partial charge in [0.05, 0.1) is 5.69 Å². The molecule has 3 rings (SSSR count). The van der Waals surface area contributed by atoms with Gasteiger partial charge in [0, 0.05) is 24.2 Å². The summed E-state index contributed by atoms with van der Waals surface area (Å²) in [5, 5.41) is 2.88. The van der Waals surface area contributed by atoms with E-state index in [0.717, 1.165) is 24.8 Å². The van der Waals surface area contributed by atoms with Crippen molar-refractivity contribution < 1.29 is 19.1 Å². The highest BCUT2D eigenvalue weighted by Gasteiger charge is 2.50. The SMILES string of the molecule is CC(C)(C)OC(=O)Nc1cc([C@@H]2C[C@H]3CC[C@@H]2N3C(=O)OC(C)(C)C)cnc1Cl. The van der Waals surface area contributed by atoms with Gasteiger partial charge in [0.25, 0.3) is 0 Å². The lowest BCUT2D eigenvalue weighted by Gasteiger charge is -2.28. The molecule has 1 aromatic rings. The van der Waals surface area contributed by atoms with Gasteiger partial charge in [0.1, 0.15) is 11.2 Å². The Morgan fingerprint density at radius 3 is 2.41 bits per heavy atom. The Labute approximate surface area is 177 Å². The van der Waals surface area contributed by atoms with E-state index in [0.29, 0.717) is 5.69 Å². The molecule has 0 radical (unpaired) electrons. The first-order chi connectivity index (χ1) is 13.3. The number of anilines is 1.